The normalized spacial score (nSPS) is 18.5. The molecule has 1 unspecified atom stereocenters. The molecule has 0 spiro atoms. The van der Waals surface area contributed by atoms with Gasteiger partial charge in [0, 0.05) is 12.5 Å². The van der Waals surface area contributed by atoms with E-state index in [1.165, 1.54) is 0 Å². The lowest BCUT2D eigenvalue weighted by atomic mass is 10.1. The molecule has 0 saturated carbocycles. The maximum absolute atomic E-state index is 13.5. The van der Waals surface area contributed by atoms with Gasteiger partial charge in [-0.3, -0.25) is 20.4 Å². The van der Waals surface area contributed by atoms with Gasteiger partial charge in [0.25, 0.3) is 5.69 Å². The van der Waals surface area contributed by atoms with Gasteiger partial charge in [-0.05, 0) is 6.42 Å². The Morgan fingerprint density at radius 3 is 2.68 bits per heavy atom. The predicted octanol–water partition coefficient (Wildman–Crippen LogP) is 2.25. The Labute approximate surface area is 107 Å². The van der Waals surface area contributed by atoms with Crippen molar-refractivity contribution in [2.75, 3.05) is 25.3 Å². The van der Waals surface area contributed by atoms with Crippen molar-refractivity contribution in [2.24, 2.45) is 5.92 Å². The van der Waals surface area contributed by atoms with Crippen LogP contribution in [0.15, 0.2) is 12.1 Å². The first-order valence-electron chi connectivity index (χ1n) is 5.67. The van der Waals surface area contributed by atoms with E-state index in [1.807, 2.05) is 0 Å². The van der Waals surface area contributed by atoms with Crippen molar-refractivity contribution in [1.29, 1.82) is 0 Å². The van der Waals surface area contributed by atoms with Crippen LogP contribution in [0.3, 0.4) is 0 Å². The second kappa shape index (κ2) is 5.89. The number of rotatable bonds is 5. The summed E-state index contributed by atoms with van der Waals surface area (Å²) in [5, 5.41) is 10.4. The van der Waals surface area contributed by atoms with Crippen LogP contribution in [0.4, 0.5) is 20.2 Å². The number of halogens is 2. The molecule has 1 fully saturated rings. The average Bonchev–Trinajstić information content (AvgIpc) is 2.85. The summed E-state index contributed by atoms with van der Waals surface area (Å²) in [5.74, 6) is -1.97. The molecule has 1 aromatic carbocycles. The number of anilines is 1. The van der Waals surface area contributed by atoms with Crippen molar-refractivity contribution in [3.05, 3.63) is 33.9 Å². The largest absolute Gasteiger partial charge is 0.381 e. The van der Waals surface area contributed by atoms with Crippen LogP contribution in [0.5, 0.6) is 0 Å². The van der Waals surface area contributed by atoms with Gasteiger partial charge in [0.05, 0.1) is 30.3 Å². The van der Waals surface area contributed by atoms with E-state index in [2.05, 4.69) is 5.48 Å². The monoisotopic (exact) mass is 274 g/mol. The molecule has 8 heteroatoms. The molecular formula is C11H12F2N2O4. The SMILES string of the molecule is O=[N+]([O-])c1cc(F)c(NOCC2CCOC2)c(F)c1. The fraction of sp³-hybridized carbons (Fsp3) is 0.455. The maximum atomic E-state index is 13.5. The Morgan fingerprint density at radius 1 is 1.47 bits per heavy atom. The number of benzene rings is 1. The number of hydrogen-bond donors (Lipinski definition) is 1. The Balaban J connectivity index is 1.97. The van der Waals surface area contributed by atoms with Gasteiger partial charge in [-0.2, -0.15) is 0 Å². The molecule has 1 heterocycles. The molecule has 19 heavy (non-hydrogen) atoms. The lowest BCUT2D eigenvalue weighted by Crippen LogP contribution is -2.14. The zero-order chi connectivity index (χ0) is 13.8. The number of ether oxygens (including phenoxy) is 1. The molecule has 0 bridgehead atoms. The van der Waals surface area contributed by atoms with E-state index in [0.29, 0.717) is 25.3 Å². The highest BCUT2D eigenvalue weighted by Crippen LogP contribution is 2.25. The second-order valence-electron chi connectivity index (χ2n) is 4.18. The van der Waals surface area contributed by atoms with Crippen molar-refractivity contribution in [1.82, 2.24) is 0 Å². The van der Waals surface area contributed by atoms with Crippen molar-refractivity contribution < 1.29 is 23.3 Å². The number of non-ortho nitro benzene ring substituents is 1. The number of hydrogen-bond acceptors (Lipinski definition) is 5. The van der Waals surface area contributed by atoms with Gasteiger partial charge in [-0.1, -0.05) is 0 Å². The number of nitrogens with zero attached hydrogens (tertiary/aromatic N) is 1. The third-order valence-electron chi connectivity index (χ3n) is 2.75. The van der Waals surface area contributed by atoms with E-state index in [9.17, 15) is 18.9 Å². The third-order valence-corrected chi connectivity index (χ3v) is 2.75. The number of nitro benzene ring substituents is 1. The van der Waals surface area contributed by atoms with Crippen LogP contribution in [0.25, 0.3) is 0 Å². The molecule has 2 rings (SSSR count). The van der Waals surface area contributed by atoms with Crippen molar-refractivity contribution in [3.63, 3.8) is 0 Å². The first kappa shape index (κ1) is 13.6. The van der Waals surface area contributed by atoms with Crippen molar-refractivity contribution in [2.45, 2.75) is 6.42 Å². The summed E-state index contributed by atoms with van der Waals surface area (Å²) in [6.45, 7) is 1.44. The van der Waals surface area contributed by atoms with Gasteiger partial charge in [-0.15, -0.1) is 0 Å². The lowest BCUT2D eigenvalue weighted by molar-refractivity contribution is -0.385. The minimum absolute atomic E-state index is 0.177. The first-order chi connectivity index (χ1) is 9.08. The molecule has 104 valence electrons. The van der Waals surface area contributed by atoms with E-state index in [4.69, 9.17) is 9.57 Å². The van der Waals surface area contributed by atoms with Crippen LogP contribution in [0.2, 0.25) is 0 Å². The molecule has 0 amide bonds. The standard InChI is InChI=1S/C11H12F2N2O4/c12-9-3-8(15(16)17)4-10(13)11(9)14-19-6-7-1-2-18-5-7/h3-4,7,14H,1-2,5-6H2. The van der Waals surface area contributed by atoms with Gasteiger partial charge >= 0.3 is 0 Å². The van der Waals surface area contributed by atoms with Crippen LogP contribution in [0, 0.1) is 27.7 Å². The van der Waals surface area contributed by atoms with E-state index >= 15 is 0 Å². The fourth-order valence-corrected chi connectivity index (χ4v) is 1.71. The van der Waals surface area contributed by atoms with Crippen LogP contribution in [0.1, 0.15) is 6.42 Å². The Kier molecular flexibility index (Phi) is 4.23. The summed E-state index contributed by atoms with van der Waals surface area (Å²) >= 11 is 0. The molecule has 1 aliphatic rings. The molecule has 1 N–H and O–H groups in total. The molecule has 0 aliphatic carbocycles. The molecule has 1 aromatic rings. The van der Waals surface area contributed by atoms with Gasteiger partial charge < -0.3 is 4.74 Å². The molecule has 0 radical (unpaired) electrons. The third kappa shape index (κ3) is 3.36. The molecule has 6 nitrogen and oxygen atoms in total. The van der Waals surface area contributed by atoms with Gasteiger partial charge in [0.15, 0.2) is 11.6 Å². The average molecular weight is 274 g/mol. The fourth-order valence-electron chi connectivity index (χ4n) is 1.71. The summed E-state index contributed by atoms with van der Waals surface area (Å²) < 4.78 is 32.0. The Hall–Kier alpha value is -1.80. The van der Waals surface area contributed by atoms with Crippen LogP contribution in [-0.4, -0.2) is 24.7 Å². The van der Waals surface area contributed by atoms with Crippen LogP contribution >= 0.6 is 0 Å². The summed E-state index contributed by atoms with van der Waals surface area (Å²) in [5.41, 5.74) is 0.960. The van der Waals surface area contributed by atoms with Gasteiger partial charge in [0.2, 0.25) is 0 Å². The second-order valence-corrected chi connectivity index (χ2v) is 4.18. The van der Waals surface area contributed by atoms with E-state index in [0.717, 1.165) is 6.42 Å². The number of nitrogens with one attached hydrogen (secondary N) is 1. The minimum atomic E-state index is -1.07. The van der Waals surface area contributed by atoms with E-state index < -0.39 is 27.9 Å². The molecule has 0 aromatic heterocycles. The quantitative estimate of drug-likeness (QED) is 0.658. The summed E-state index contributed by atoms with van der Waals surface area (Å²) in [7, 11) is 0. The summed E-state index contributed by atoms with van der Waals surface area (Å²) in [6.07, 6.45) is 0.826. The highest BCUT2D eigenvalue weighted by molar-refractivity contribution is 5.50. The highest BCUT2D eigenvalue weighted by Gasteiger charge is 2.19. The summed E-state index contributed by atoms with van der Waals surface area (Å²) in [4.78, 5) is 14.5. The zero-order valence-corrected chi connectivity index (χ0v) is 9.90. The Bertz CT molecular complexity index is 455. The van der Waals surface area contributed by atoms with E-state index in [-0.39, 0.29) is 12.5 Å². The van der Waals surface area contributed by atoms with Gasteiger partial charge in [0.1, 0.15) is 5.69 Å². The van der Waals surface area contributed by atoms with Crippen LogP contribution in [-0.2, 0) is 9.57 Å². The maximum Gasteiger partial charge on any atom is 0.275 e. The van der Waals surface area contributed by atoms with Crippen molar-refractivity contribution >= 4 is 11.4 Å². The first-order valence-corrected chi connectivity index (χ1v) is 5.67. The Morgan fingerprint density at radius 2 is 2.16 bits per heavy atom. The molecule has 1 saturated heterocycles. The lowest BCUT2D eigenvalue weighted by Gasteiger charge is -2.11. The van der Waals surface area contributed by atoms with Crippen molar-refractivity contribution in [3.8, 4) is 0 Å². The topological polar surface area (TPSA) is 73.6 Å². The number of nitro groups is 1. The smallest absolute Gasteiger partial charge is 0.275 e. The predicted molar refractivity (Wildman–Crippen MR) is 61.5 cm³/mol. The van der Waals surface area contributed by atoms with Crippen LogP contribution < -0.4 is 5.48 Å². The molecular weight excluding hydrogens is 262 g/mol. The van der Waals surface area contributed by atoms with E-state index in [1.54, 1.807) is 0 Å². The molecule has 1 aliphatic heterocycles. The molecule has 1 atom stereocenters. The highest BCUT2D eigenvalue weighted by atomic mass is 19.1. The summed E-state index contributed by atoms with van der Waals surface area (Å²) in [6, 6.07) is 1.26. The zero-order valence-electron chi connectivity index (χ0n) is 9.90. The van der Waals surface area contributed by atoms with Gasteiger partial charge in [-0.25, -0.2) is 8.78 Å². The minimum Gasteiger partial charge on any atom is -0.381 e.